The predicted molar refractivity (Wildman–Crippen MR) is 56.0 cm³/mol. The number of hydrogen-bond acceptors (Lipinski definition) is 3. The van der Waals surface area contributed by atoms with Gasteiger partial charge >= 0.3 is 6.36 Å². The van der Waals surface area contributed by atoms with Crippen LogP contribution in [0.1, 0.15) is 10.4 Å². The molecular formula is C9H5F3N2O2S. The summed E-state index contributed by atoms with van der Waals surface area (Å²) in [5, 5.41) is 6.36. The van der Waals surface area contributed by atoms with Crippen molar-refractivity contribution in [2.24, 2.45) is 10.2 Å². The molecule has 1 aromatic rings. The van der Waals surface area contributed by atoms with Gasteiger partial charge in [-0.15, -0.1) is 23.4 Å². The van der Waals surface area contributed by atoms with Gasteiger partial charge in [-0.2, -0.15) is 0 Å². The highest BCUT2D eigenvalue weighted by atomic mass is 32.1. The number of rotatable bonds is 3. The Labute approximate surface area is 99.1 Å². The smallest absolute Gasteiger partial charge is 0.406 e. The average molecular weight is 262 g/mol. The molecule has 0 aliphatic carbocycles. The standard InChI is InChI=1S/C9H5F3N2O2S/c10-9(11,12)16-7-3-1-6(2-4-7)8(15)14-13-5-17/h1-5H. The van der Waals surface area contributed by atoms with Crippen LogP contribution in [0, 0.1) is 0 Å². The van der Waals surface area contributed by atoms with Gasteiger partial charge in [-0.1, -0.05) is 12.2 Å². The lowest BCUT2D eigenvalue weighted by Crippen LogP contribution is -2.17. The van der Waals surface area contributed by atoms with Gasteiger partial charge in [0, 0.05) is 5.56 Å². The molecule has 8 heteroatoms. The summed E-state index contributed by atoms with van der Waals surface area (Å²) < 4.78 is 39.1. The number of hydrogen-bond donors (Lipinski definition) is 0. The minimum atomic E-state index is -4.76. The molecule has 0 unspecified atom stereocenters. The van der Waals surface area contributed by atoms with Crippen molar-refractivity contribution in [3.8, 4) is 5.75 Å². The van der Waals surface area contributed by atoms with E-state index < -0.39 is 18.0 Å². The van der Waals surface area contributed by atoms with Crippen molar-refractivity contribution in [3.05, 3.63) is 29.8 Å². The van der Waals surface area contributed by atoms with Crippen molar-refractivity contribution in [1.29, 1.82) is 0 Å². The van der Waals surface area contributed by atoms with Crippen LogP contribution < -0.4 is 4.74 Å². The highest BCUT2D eigenvalue weighted by Gasteiger charge is 2.31. The van der Waals surface area contributed by atoms with Crippen molar-refractivity contribution in [2.45, 2.75) is 6.36 Å². The van der Waals surface area contributed by atoms with Gasteiger partial charge in [-0.3, -0.25) is 4.79 Å². The largest absolute Gasteiger partial charge is 0.573 e. The van der Waals surface area contributed by atoms with Crippen LogP contribution in [0.3, 0.4) is 0 Å². The molecule has 0 N–H and O–H groups in total. The number of alkyl halides is 3. The molecule has 0 atom stereocenters. The first-order valence-electron chi connectivity index (χ1n) is 4.17. The van der Waals surface area contributed by atoms with Crippen LogP contribution in [-0.4, -0.2) is 17.8 Å². The van der Waals surface area contributed by atoms with Crippen LogP contribution in [-0.2, 0) is 0 Å². The zero-order chi connectivity index (χ0) is 12.9. The zero-order valence-electron chi connectivity index (χ0n) is 8.14. The lowest BCUT2D eigenvalue weighted by Gasteiger charge is -2.08. The van der Waals surface area contributed by atoms with Crippen LogP contribution in [0.25, 0.3) is 0 Å². The molecule has 0 heterocycles. The second-order valence-corrected chi connectivity index (χ2v) is 2.91. The third-order valence-electron chi connectivity index (χ3n) is 1.53. The van der Waals surface area contributed by atoms with E-state index in [-0.39, 0.29) is 5.56 Å². The van der Waals surface area contributed by atoms with Crippen molar-refractivity contribution < 1.29 is 22.7 Å². The number of carbonyl (C=O) groups excluding carboxylic acids is 1. The molecule has 0 radical (unpaired) electrons. The summed E-state index contributed by atoms with van der Waals surface area (Å²) in [5.74, 6) is -1.12. The Balaban J connectivity index is 2.78. The number of ether oxygens (including phenoxy) is 1. The number of benzene rings is 1. The summed E-state index contributed by atoms with van der Waals surface area (Å²) in [6, 6.07) is 4.30. The van der Waals surface area contributed by atoms with E-state index in [4.69, 9.17) is 0 Å². The van der Waals surface area contributed by atoms with E-state index in [1.807, 2.05) is 0 Å². The fourth-order valence-corrected chi connectivity index (χ4v) is 0.980. The maximum atomic E-state index is 11.8. The Bertz CT molecular complexity index is 443. The van der Waals surface area contributed by atoms with Crippen molar-refractivity contribution >= 4 is 23.6 Å². The van der Waals surface area contributed by atoms with Crippen LogP contribution in [0.4, 0.5) is 13.2 Å². The molecule has 0 fully saturated rings. The number of azo groups is 1. The monoisotopic (exact) mass is 262 g/mol. The SMILES string of the molecule is O=C(N=NC=S)c1ccc(OC(F)(F)F)cc1. The predicted octanol–water partition coefficient (Wildman–Crippen LogP) is 3.13. The molecule has 0 aliphatic rings. The lowest BCUT2D eigenvalue weighted by atomic mass is 10.2. The van der Waals surface area contributed by atoms with Crippen LogP contribution >= 0.6 is 12.2 Å². The average Bonchev–Trinajstić information content (AvgIpc) is 2.24. The van der Waals surface area contributed by atoms with Gasteiger partial charge in [0.05, 0.1) is 0 Å². The molecule has 90 valence electrons. The van der Waals surface area contributed by atoms with Gasteiger partial charge in [0.1, 0.15) is 11.2 Å². The van der Waals surface area contributed by atoms with Crippen LogP contribution in [0.5, 0.6) is 5.75 Å². The summed E-state index contributed by atoms with van der Waals surface area (Å²) >= 11 is 4.32. The lowest BCUT2D eigenvalue weighted by molar-refractivity contribution is -0.274. The molecule has 0 saturated heterocycles. The van der Waals surface area contributed by atoms with E-state index in [0.717, 1.165) is 29.8 Å². The van der Waals surface area contributed by atoms with Crippen LogP contribution in [0.15, 0.2) is 34.5 Å². The summed E-state index contributed by atoms with van der Waals surface area (Å²) in [7, 11) is 0. The molecule has 0 aromatic heterocycles. The van der Waals surface area contributed by atoms with Gasteiger partial charge in [-0.25, -0.2) is 0 Å². The maximum absolute atomic E-state index is 11.8. The quantitative estimate of drug-likeness (QED) is 0.621. The molecule has 1 aromatic carbocycles. The molecule has 0 bridgehead atoms. The van der Waals surface area contributed by atoms with Gasteiger partial charge in [0.2, 0.25) is 0 Å². The van der Waals surface area contributed by atoms with Crippen molar-refractivity contribution in [3.63, 3.8) is 0 Å². The summed E-state index contributed by atoms with van der Waals surface area (Å²) in [4.78, 5) is 11.2. The van der Waals surface area contributed by atoms with E-state index in [1.165, 1.54) is 0 Å². The van der Waals surface area contributed by atoms with E-state index in [9.17, 15) is 18.0 Å². The highest BCUT2D eigenvalue weighted by molar-refractivity contribution is 7.78. The first-order valence-corrected chi connectivity index (χ1v) is 4.64. The minimum Gasteiger partial charge on any atom is -0.406 e. The highest BCUT2D eigenvalue weighted by Crippen LogP contribution is 2.22. The fraction of sp³-hybridized carbons (Fsp3) is 0.111. The first-order chi connectivity index (χ1) is 7.92. The van der Waals surface area contributed by atoms with Crippen molar-refractivity contribution in [1.82, 2.24) is 0 Å². The second-order valence-electron chi connectivity index (χ2n) is 2.70. The molecule has 0 saturated carbocycles. The third kappa shape index (κ3) is 4.68. The Morgan fingerprint density at radius 1 is 1.29 bits per heavy atom. The van der Waals surface area contributed by atoms with Crippen molar-refractivity contribution in [2.75, 3.05) is 0 Å². The molecule has 0 aliphatic heterocycles. The molecule has 4 nitrogen and oxygen atoms in total. The Hall–Kier alpha value is -1.83. The van der Waals surface area contributed by atoms with Gasteiger partial charge < -0.3 is 4.74 Å². The Morgan fingerprint density at radius 3 is 2.35 bits per heavy atom. The number of carbonyl (C=O) groups is 1. The Morgan fingerprint density at radius 2 is 1.88 bits per heavy atom. The number of nitrogens with zero attached hydrogens (tertiary/aromatic N) is 2. The molecule has 1 rings (SSSR count). The van der Waals surface area contributed by atoms with Gasteiger partial charge in [0.25, 0.3) is 5.91 Å². The second kappa shape index (κ2) is 5.48. The third-order valence-corrected chi connectivity index (χ3v) is 1.62. The van der Waals surface area contributed by atoms with Gasteiger partial charge in [0.15, 0.2) is 0 Å². The van der Waals surface area contributed by atoms with Gasteiger partial charge in [-0.05, 0) is 24.3 Å². The van der Waals surface area contributed by atoms with Crippen LogP contribution in [0.2, 0.25) is 0 Å². The Kier molecular flexibility index (Phi) is 4.27. The summed E-state index contributed by atoms with van der Waals surface area (Å²) in [6.07, 6.45) is -4.76. The topological polar surface area (TPSA) is 51.0 Å². The zero-order valence-corrected chi connectivity index (χ0v) is 8.96. The minimum absolute atomic E-state index is 0.0834. The van der Waals surface area contributed by atoms with E-state index in [1.54, 1.807) is 0 Å². The number of thiocarbonyl (C=S) groups is 1. The molecule has 0 spiro atoms. The first kappa shape index (κ1) is 13.2. The number of halogens is 3. The molecule has 17 heavy (non-hydrogen) atoms. The van der Waals surface area contributed by atoms with E-state index in [0.29, 0.717) is 0 Å². The summed E-state index contributed by atoms with van der Waals surface area (Å²) in [5.41, 5.74) is 0.985. The molecule has 1 amide bonds. The molecular weight excluding hydrogens is 257 g/mol. The number of amides is 1. The maximum Gasteiger partial charge on any atom is 0.573 e. The fourth-order valence-electron chi connectivity index (χ4n) is 0.933. The van der Waals surface area contributed by atoms with E-state index >= 15 is 0 Å². The normalized spacial score (nSPS) is 11.5. The van der Waals surface area contributed by atoms with E-state index in [2.05, 4.69) is 27.2 Å². The summed E-state index contributed by atoms with van der Waals surface area (Å²) in [6.45, 7) is 0.